The standard InChI is InChI=1S/C21H21Cl2FN6O5S/c22-14-2-1-11(5-15(14)23)8-30-4-3-16(29-30)20(32)13-7-26-10-27-21(13)28-17-6-12(19(31)18(17)24)9-35-36(25,33)34/h1-5,7,10,12,17-19,31H,6,8-9H2,(H2,25,33,34)(H,26,27,28)/t12-,17-,18-,19-/m1/s1. The Morgan fingerprint density at radius 1 is 1.31 bits per heavy atom. The third kappa shape index (κ3) is 6.17. The Morgan fingerprint density at radius 2 is 2.08 bits per heavy atom. The number of anilines is 1. The summed E-state index contributed by atoms with van der Waals surface area (Å²) in [7, 11) is -4.24. The van der Waals surface area contributed by atoms with E-state index in [9.17, 15) is 22.7 Å². The number of aliphatic hydroxyl groups excluding tert-OH is 1. The number of hydrogen-bond donors (Lipinski definition) is 3. The number of nitrogens with zero attached hydrogens (tertiary/aromatic N) is 4. The number of nitrogens with two attached hydrogens (primary N) is 1. The molecule has 2 aromatic heterocycles. The Balaban J connectivity index is 1.47. The van der Waals surface area contributed by atoms with Gasteiger partial charge in [0.15, 0.2) is 0 Å². The first kappa shape index (κ1) is 26.4. The molecule has 1 saturated carbocycles. The lowest BCUT2D eigenvalue weighted by Gasteiger charge is -2.18. The monoisotopic (exact) mass is 558 g/mol. The minimum atomic E-state index is -4.24. The smallest absolute Gasteiger partial charge is 0.333 e. The van der Waals surface area contributed by atoms with Crippen LogP contribution in [0.25, 0.3) is 0 Å². The highest BCUT2D eigenvalue weighted by Gasteiger charge is 2.44. The second-order valence-corrected chi connectivity index (χ2v) is 10.3. The lowest BCUT2D eigenvalue weighted by atomic mass is 10.1. The fourth-order valence-electron chi connectivity index (χ4n) is 3.90. The second-order valence-electron chi connectivity index (χ2n) is 8.22. The van der Waals surface area contributed by atoms with Crippen molar-refractivity contribution in [3.8, 4) is 0 Å². The Labute approximate surface area is 215 Å². The van der Waals surface area contributed by atoms with Crippen LogP contribution in [0.15, 0.2) is 43.0 Å². The molecule has 1 aromatic carbocycles. The number of nitrogens with one attached hydrogen (secondary N) is 1. The summed E-state index contributed by atoms with van der Waals surface area (Å²) >= 11 is 12.0. The van der Waals surface area contributed by atoms with Crippen molar-refractivity contribution in [2.75, 3.05) is 11.9 Å². The molecule has 1 aliphatic carbocycles. The molecule has 0 unspecified atom stereocenters. The van der Waals surface area contributed by atoms with Gasteiger partial charge in [0.1, 0.15) is 24.0 Å². The van der Waals surface area contributed by atoms with Crippen molar-refractivity contribution < 1.29 is 26.9 Å². The summed E-state index contributed by atoms with van der Waals surface area (Å²) < 4.78 is 42.8. The third-order valence-electron chi connectivity index (χ3n) is 5.68. The van der Waals surface area contributed by atoms with E-state index in [0.717, 1.165) is 5.56 Å². The molecule has 4 atom stereocenters. The Morgan fingerprint density at radius 3 is 2.81 bits per heavy atom. The number of alkyl halides is 1. The van der Waals surface area contributed by atoms with Gasteiger partial charge in [0.25, 0.3) is 0 Å². The molecule has 192 valence electrons. The van der Waals surface area contributed by atoms with Crippen LogP contribution in [0.2, 0.25) is 10.0 Å². The molecule has 36 heavy (non-hydrogen) atoms. The molecule has 0 amide bonds. The van der Waals surface area contributed by atoms with Gasteiger partial charge in [0.05, 0.1) is 40.9 Å². The van der Waals surface area contributed by atoms with Crippen molar-refractivity contribution in [3.63, 3.8) is 0 Å². The molecular weight excluding hydrogens is 538 g/mol. The van der Waals surface area contributed by atoms with Crippen molar-refractivity contribution >= 4 is 45.1 Å². The highest BCUT2D eigenvalue weighted by atomic mass is 35.5. The number of halogens is 3. The average molecular weight is 559 g/mol. The molecule has 1 fully saturated rings. The minimum Gasteiger partial charge on any atom is -0.390 e. The van der Waals surface area contributed by atoms with Gasteiger partial charge in [0.2, 0.25) is 5.78 Å². The number of benzene rings is 1. The Bertz CT molecular complexity index is 1370. The van der Waals surface area contributed by atoms with Crippen LogP contribution in [-0.2, 0) is 21.0 Å². The lowest BCUT2D eigenvalue weighted by Crippen LogP contribution is -2.33. The van der Waals surface area contributed by atoms with Crippen molar-refractivity contribution in [2.24, 2.45) is 11.1 Å². The maximum Gasteiger partial charge on any atom is 0.333 e. The maximum absolute atomic E-state index is 14.7. The predicted octanol–water partition coefficient (Wildman–Crippen LogP) is 1.98. The average Bonchev–Trinajstić information content (AvgIpc) is 3.40. The zero-order chi connectivity index (χ0) is 26.0. The summed E-state index contributed by atoms with van der Waals surface area (Å²) in [6.45, 7) is -0.142. The van der Waals surface area contributed by atoms with E-state index in [-0.39, 0.29) is 23.5 Å². The number of carbonyl (C=O) groups excluding carboxylic acids is 1. The van der Waals surface area contributed by atoms with E-state index in [1.54, 1.807) is 29.1 Å². The van der Waals surface area contributed by atoms with Crippen LogP contribution in [0.3, 0.4) is 0 Å². The molecule has 4 N–H and O–H groups in total. The van der Waals surface area contributed by atoms with E-state index >= 15 is 0 Å². The fraction of sp³-hybridized carbons (Fsp3) is 0.333. The molecule has 0 radical (unpaired) electrons. The van der Waals surface area contributed by atoms with Crippen molar-refractivity contribution in [3.05, 3.63) is 69.9 Å². The fourth-order valence-corrected chi connectivity index (χ4v) is 4.59. The molecule has 4 rings (SSSR count). The summed E-state index contributed by atoms with van der Waals surface area (Å²) in [5.41, 5.74) is 0.977. The first-order chi connectivity index (χ1) is 17.0. The molecule has 15 heteroatoms. The summed E-state index contributed by atoms with van der Waals surface area (Å²) in [5, 5.41) is 22.9. The summed E-state index contributed by atoms with van der Waals surface area (Å²) in [5.74, 6) is -1.30. The molecule has 11 nitrogen and oxygen atoms in total. The largest absolute Gasteiger partial charge is 0.390 e. The number of aliphatic hydroxyl groups is 1. The highest BCUT2D eigenvalue weighted by Crippen LogP contribution is 2.32. The number of rotatable bonds is 9. The molecule has 0 spiro atoms. The maximum atomic E-state index is 14.7. The van der Waals surface area contributed by atoms with Gasteiger partial charge in [0, 0.05) is 18.3 Å². The van der Waals surface area contributed by atoms with Gasteiger partial charge < -0.3 is 10.4 Å². The third-order valence-corrected chi connectivity index (χ3v) is 6.88. The van der Waals surface area contributed by atoms with Crippen molar-refractivity contribution in [1.29, 1.82) is 0 Å². The normalized spacial score (nSPS) is 22.0. The van der Waals surface area contributed by atoms with Gasteiger partial charge in [-0.2, -0.15) is 13.5 Å². The van der Waals surface area contributed by atoms with E-state index in [2.05, 4.69) is 24.6 Å². The predicted molar refractivity (Wildman–Crippen MR) is 129 cm³/mol. The van der Waals surface area contributed by atoms with E-state index in [1.165, 1.54) is 18.6 Å². The van der Waals surface area contributed by atoms with Gasteiger partial charge in [-0.05, 0) is 30.2 Å². The lowest BCUT2D eigenvalue weighted by molar-refractivity contribution is 0.0501. The molecule has 3 aromatic rings. The zero-order valence-corrected chi connectivity index (χ0v) is 20.8. The van der Waals surface area contributed by atoms with E-state index in [1.807, 2.05) is 0 Å². The Kier molecular flexibility index (Phi) is 7.87. The minimum absolute atomic E-state index is 0.00770. The van der Waals surface area contributed by atoms with Crippen molar-refractivity contribution in [1.82, 2.24) is 19.7 Å². The van der Waals surface area contributed by atoms with Crippen LogP contribution in [0.4, 0.5) is 10.2 Å². The van der Waals surface area contributed by atoms with Crippen LogP contribution in [0.5, 0.6) is 0 Å². The SMILES string of the molecule is NS(=O)(=O)OC[C@H]1C[C@@H](Nc2ncncc2C(=O)c2ccn(Cc3ccc(Cl)c(Cl)c3)n2)[C@@H](F)[C@@H]1O. The van der Waals surface area contributed by atoms with Crippen molar-refractivity contribution in [2.45, 2.75) is 31.3 Å². The summed E-state index contributed by atoms with van der Waals surface area (Å²) in [6, 6.07) is 5.70. The number of carbonyl (C=O) groups is 1. The molecule has 2 heterocycles. The number of ketones is 1. The van der Waals surface area contributed by atoms with Crippen LogP contribution in [0, 0.1) is 5.92 Å². The van der Waals surface area contributed by atoms with E-state index < -0.39 is 46.9 Å². The molecular formula is C21H21Cl2FN6O5S. The zero-order valence-electron chi connectivity index (χ0n) is 18.5. The summed E-state index contributed by atoms with van der Waals surface area (Å²) in [4.78, 5) is 21.1. The van der Waals surface area contributed by atoms with Gasteiger partial charge >= 0.3 is 10.3 Å². The topological polar surface area (TPSA) is 162 Å². The van der Waals surface area contributed by atoms with Gasteiger partial charge in [-0.1, -0.05) is 29.3 Å². The van der Waals surface area contributed by atoms with Crippen LogP contribution < -0.4 is 10.5 Å². The number of aromatic nitrogens is 4. The van der Waals surface area contributed by atoms with Gasteiger partial charge in [-0.3, -0.25) is 13.7 Å². The van der Waals surface area contributed by atoms with E-state index in [0.29, 0.717) is 16.6 Å². The second kappa shape index (κ2) is 10.7. The van der Waals surface area contributed by atoms with Gasteiger partial charge in [-0.25, -0.2) is 19.5 Å². The first-order valence-electron chi connectivity index (χ1n) is 10.6. The van der Waals surface area contributed by atoms with E-state index in [4.69, 9.17) is 28.3 Å². The Hall–Kier alpha value is -2.68. The summed E-state index contributed by atoms with van der Waals surface area (Å²) in [6.07, 6.45) is 0.809. The van der Waals surface area contributed by atoms with Crippen LogP contribution in [0.1, 0.15) is 28.0 Å². The molecule has 0 bridgehead atoms. The first-order valence-corrected chi connectivity index (χ1v) is 12.8. The van der Waals surface area contributed by atoms with Crippen LogP contribution >= 0.6 is 23.2 Å². The number of hydrogen-bond acceptors (Lipinski definition) is 9. The van der Waals surface area contributed by atoms with Crippen LogP contribution in [-0.4, -0.2) is 64.0 Å². The molecule has 0 aliphatic heterocycles. The van der Waals surface area contributed by atoms with Gasteiger partial charge in [-0.15, -0.1) is 0 Å². The highest BCUT2D eigenvalue weighted by molar-refractivity contribution is 7.84. The molecule has 1 aliphatic rings. The quantitative estimate of drug-likeness (QED) is 0.333. The molecule has 0 saturated heterocycles.